The lowest BCUT2D eigenvalue weighted by Gasteiger charge is -2.22. The van der Waals surface area contributed by atoms with Gasteiger partial charge in [-0.25, -0.2) is 0 Å². The summed E-state index contributed by atoms with van der Waals surface area (Å²) in [6.45, 7) is 13.6. The first kappa shape index (κ1) is 20.8. The van der Waals surface area contributed by atoms with Gasteiger partial charge in [-0.3, -0.25) is 0 Å². The molecule has 0 spiro atoms. The van der Waals surface area contributed by atoms with Crippen molar-refractivity contribution in [1.82, 2.24) is 0 Å². The maximum atomic E-state index is 8.87. The van der Waals surface area contributed by atoms with E-state index >= 15 is 0 Å². The predicted molar refractivity (Wildman–Crippen MR) is 83.6 cm³/mol. The quantitative estimate of drug-likeness (QED) is 0.566. The molecule has 0 aromatic heterocycles. The molecule has 0 bridgehead atoms. The van der Waals surface area contributed by atoms with Crippen molar-refractivity contribution in [2.75, 3.05) is 26.4 Å². The summed E-state index contributed by atoms with van der Waals surface area (Å²) in [5.74, 6) is 0. The molecule has 0 rings (SSSR count). The molecule has 1 N–H and O–H groups in total. The van der Waals surface area contributed by atoms with E-state index in [4.69, 9.17) is 24.1 Å². The Morgan fingerprint density at radius 1 is 0.667 bits per heavy atom. The summed E-state index contributed by atoms with van der Waals surface area (Å²) in [7, 11) is 0. The lowest BCUT2D eigenvalue weighted by Crippen LogP contribution is -2.28. The standard InChI is InChI=1S/C16H34O5/c1-7-12(2)21-16(6)11-20-15(5)10-19-14(4)9-18-13(3)8-17/h12-17H,7-11H2,1-6H3. The first-order chi connectivity index (χ1) is 9.88. The Morgan fingerprint density at radius 2 is 1.10 bits per heavy atom. The number of aliphatic hydroxyl groups excluding tert-OH is 1. The molecule has 5 heteroatoms. The fraction of sp³-hybridized carbons (Fsp3) is 1.00. The van der Waals surface area contributed by atoms with Gasteiger partial charge in [-0.05, 0) is 41.0 Å². The molecular weight excluding hydrogens is 272 g/mol. The molecule has 0 aromatic carbocycles. The van der Waals surface area contributed by atoms with Gasteiger partial charge in [0.1, 0.15) is 0 Å². The highest BCUT2D eigenvalue weighted by Gasteiger charge is 2.12. The fourth-order valence-corrected chi connectivity index (χ4v) is 1.58. The third-order valence-electron chi connectivity index (χ3n) is 3.14. The van der Waals surface area contributed by atoms with Crippen LogP contribution in [0.25, 0.3) is 0 Å². The highest BCUT2D eigenvalue weighted by atomic mass is 16.6. The molecule has 0 amide bonds. The second kappa shape index (κ2) is 12.4. The van der Waals surface area contributed by atoms with Crippen LogP contribution < -0.4 is 0 Å². The van der Waals surface area contributed by atoms with E-state index in [1.54, 1.807) is 0 Å². The maximum Gasteiger partial charge on any atom is 0.0784 e. The molecule has 0 saturated carbocycles. The van der Waals surface area contributed by atoms with Crippen molar-refractivity contribution >= 4 is 0 Å². The van der Waals surface area contributed by atoms with Crippen LogP contribution in [-0.2, 0) is 18.9 Å². The molecule has 0 radical (unpaired) electrons. The van der Waals surface area contributed by atoms with Crippen molar-refractivity contribution in [3.63, 3.8) is 0 Å². The van der Waals surface area contributed by atoms with Gasteiger partial charge in [0.05, 0.1) is 56.9 Å². The van der Waals surface area contributed by atoms with Crippen molar-refractivity contribution < 1.29 is 24.1 Å². The number of hydrogen-bond acceptors (Lipinski definition) is 5. The predicted octanol–water partition coefficient (Wildman–Crippen LogP) is 2.40. The minimum atomic E-state index is -0.150. The Labute approximate surface area is 129 Å². The number of hydrogen-bond donors (Lipinski definition) is 1. The molecule has 0 heterocycles. The van der Waals surface area contributed by atoms with Gasteiger partial charge in [0.2, 0.25) is 0 Å². The zero-order valence-corrected chi connectivity index (χ0v) is 14.5. The van der Waals surface area contributed by atoms with Crippen molar-refractivity contribution in [1.29, 1.82) is 0 Å². The molecule has 5 unspecified atom stereocenters. The first-order valence-corrected chi connectivity index (χ1v) is 8.00. The van der Waals surface area contributed by atoms with Crippen LogP contribution in [0.2, 0.25) is 0 Å². The van der Waals surface area contributed by atoms with Crippen LogP contribution >= 0.6 is 0 Å². The van der Waals surface area contributed by atoms with E-state index in [9.17, 15) is 0 Å². The molecule has 0 aromatic rings. The van der Waals surface area contributed by atoms with Crippen LogP contribution in [0.4, 0.5) is 0 Å². The molecule has 128 valence electrons. The average molecular weight is 306 g/mol. The Hall–Kier alpha value is -0.200. The van der Waals surface area contributed by atoms with E-state index in [1.165, 1.54) is 0 Å². The third-order valence-corrected chi connectivity index (χ3v) is 3.14. The van der Waals surface area contributed by atoms with E-state index in [1.807, 2.05) is 27.7 Å². The van der Waals surface area contributed by atoms with Gasteiger partial charge in [-0.1, -0.05) is 6.92 Å². The molecule has 0 saturated heterocycles. The van der Waals surface area contributed by atoms with Crippen LogP contribution in [-0.4, -0.2) is 62.1 Å². The van der Waals surface area contributed by atoms with Gasteiger partial charge in [0.25, 0.3) is 0 Å². The normalized spacial score (nSPS) is 19.0. The number of ether oxygens (including phenoxy) is 4. The molecular formula is C16H34O5. The third kappa shape index (κ3) is 12.1. The van der Waals surface area contributed by atoms with E-state index in [-0.39, 0.29) is 37.1 Å². The SMILES string of the molecule is CCC(C)OC(C)COC(C)COC(C)COC(C)CO. The Morgan fingerprint density at radius 3 is 1.52 bits per heavy atom. The summed E-state index contributed by atoms with van der Waals surface area (Å²) in [5, 5.41) is 8.87. The van der Waals surface area contributed by atoms with Crippen molar-refractivity contribution in [2.45, 2.75) is 78.5 Å². The van der Waals surface area contributed by atoms with Gasteiger partial charge in [0, 0.05) is 0 Å². The first-order valence-electron chi connectivity index (χ1n) is 8.00. The van der Waals surface area contributed by atoms with Crippen LogP contribution in [0.5, 0.6) is 0 Å². The Balaban J connectivity index is 3.67. The highest BCUT2D eigenvalue weighted by molar-refractivity contribution is 4.57. The second-order valence-electron chi connectivity index (χ2n) is 5.78. The Kier molecular flexibility index (Phi) is 12.2. The molecule has 0 aliphatic heterocycles. The molecule has 0 fully saturated rings. The lowest BCUT2D eigenvalue weighted by atomic mass is 10.3. The molecule has 21 heavy (non-hydrogen) atoms. The number of aliphatic hydroxyl groups is 1. The molecule has 0 aliphatic rings. The maximum absolute atomic E-state index is 8.87. The summed E-state index contributed by atoms with van der Waals surface area (Å²) >= 11 is 0. The van der Waals surface area contributed by atoms with E-state index in [0.29, 0.717) is 19.8 Å². The fourth-order valence-electron chi connectivity index (χ4n) is 1.58. The Bertz CT molecular complexity index is 237. The van der Waals surface area contributed by atoms with Crippen LogP contribution in [0.3, 0.4) is 0 Å². The summed E-state index contributed by atoms with van der Waals surface area (Å²) in [6.07, 6.45) is 1.22. The van der Waals surface area contributed by atoms with E-state index in [2.05, 4.69) is 13.8 Å². The van der Waals surface area contributed by atoms with E-state index < -0.39 is 0 Å². The van der Waals surface area contributed by atoms with Crippen LogP contribution in [0.15, 0.2) is 0 Å². The van der Waals surface area contributed by atoms with Crippen LogP contribution in [0, 0.1) is 0 Å². The van der Waals surface area contributed by atoms with Gasteiger partial charge in [-0.15, -0.1) is 0 Å². The monoisotopic (exact) mass is 306 g/mol. The minimum Gasteiger partial charge on any atom is -0.394 e. The van der Waals surface area contributed by atoms with Gasteiger partial charge in [-0.2, -0.15) is 0 Å². The smallest absolute Gasteiger partial charge is 0.0784 e. The lowest BCUT2D eigenvalue weighted by molar-refractivity contribution is -0.0968. The average Bonchev–Trinajstić information content (AvgIpc) is 2.47. The summed E-state index contributed by atoms with van der Waals surface area (Å²) < 4.78 is 22.5. The van der Waals surface area contributed by atoms with Crippen molar-refractivity contribution in [3.05, 3.63) is 0 Å². The highest BCUT2D eigenvalue weighted by Crippen LogP contribution is 2.05. The minimum absolute atomic E-state index is 0.0150. The zero-order chi connectivity index (χ0) is 16.3. The molecule has 0 aliphatic carbocycles. The van der Waals surface area contributed by atoms with Crippen molar-refractivity contribution in [2.24, 2.45) is 0 Å². The largest absolute Gasteiger partial charge is 0.394 e. The van der Waals surface area contributed by atoms with Crippen molar-refractivity contribution in [3.8, 4) is 0 Å². The second-order valence-corrected chi connectivity index (χ2v) is 5.78. The molecule has 5 nitrogen and oxygen atoms in total. The van der Waals surface area contributed by atoms with Gasteiger partial charge in [0.15, 0.2) is 0 Å². The summed E-state index contributed by atoms with van der Waals surface area (Å²) in [6, 6.07) is 0. The van der Waals surface area contributed by atoms with Crippen LogP contribution in [0.1, 0.15) is 48.0 Å². The summed E-state index contributed by atoms with van der Waals surface area (Å²) in [5.41, 5.74) is 0. The zero-order valence-electron chi connectivity index (χ0n) is 14.5. The summed E-state index contributed by atoms with van der Waals surface area (Å²) in [4.78, 5) is 0. The topological polar surface area (TPSA) is 57.2 Å². The number of rotatable bonds is 13. The molecule has 5 atom stereocenters. The van der Waals surface area contributed by atoms with Gasteiger partial charge < -0.3 is 24.1 Å². The van der Waals surface area contributed by atoms with Gasteiger partial charge >= 0.3 is 0 Å². The van der Waals surface area contributed by atoms with E-state index in [0.717, 1.165) is 6.42 Å².